The lowest BCUT2D eigenvalue weighted by atomic mass is 10.2. The van der Waals surface area contributed by atoms with E-state index in [1.807, 2.05) is 6.92 Å². The van der Waals surface area contributed by atoms with Crippen LogP contribution in [0.2, 0.25) is 0 Å². The highest BCUT2D eigenvalue weighted by atomic mass is 32.2. The largest absolute Gasteiger partial charge is 0.396 e. The Morgan fingerprint density at radius 3 is 2.79 bits per heavy atom. The fraction of sp³-hybridized carbons (Fsp3) is 0.385. The first kappa shape index (κ1) is 14.0. The fourth-order valence-corrected chi connectivity index (χ4v) is 2.35. The Hall–Kier alpha value is -1.40. The third-order valence-corrected chi connectivity index (χ3v) is 3.77. The number of hydrogen-bond acceptors (Lipinski definition) is 5. The predicted octanol–water partition coefficient (Wildman–Crippen LogP) is 2.74. The number of rotatable bonds is 6. The van der Waals surface area contributed by atoms with Crippen molar-refractivity contribution in [2.75, 3.05) is 12.4 Å². The molecule has 1 atom stereocenters. The molecule has 0 radical (unpaired) electrons. The molecule has 0 spiro atoms. The van der Waals surface area contributed by atoms with Gasteiger partial charge in [-0.1, -0.05) is 12.1 Å². The average molecular weight is 282 g/mol. The van der Waals surface area contributed by atoms with Gasteiger partial charge in [-0.3, -0.25) is 0 Å². The van der Waals surface area contributed by atoms with Crippen LogP contribution in [0.4, 0.5) is 4.39 Å². The number of halogens is 1. The Bertz CT molecular complexity index is 516. The number of thioether (sulfide) groups is 1. The normalized spacial score (nSPS) is 12.6. The summed E-state index contributed by atoms with van der Waals surface area (Å²) in [6.45, 7) is 2.16. The van der Waals surface area contributed by atoms with Gasteiger partial charge in [-0.05, 0) is 35.9 Å². The highest BCUT2D eigenvalue weighted by Crippen LogP contribution is 2.19. The van der Waals surface area contributed by atoms with Gasteiger partial charge in [-0.15, -0.1) is 0 Å². The van der Waals surface area contributed by atoms with Crippen LogP contribution in [0.25, 0.3) is 11.5 Å². The standard InChI is InChI=1S/C13H15FN2O2S/c1-9(6-17)7-19-8-12-15-13(18-16-12)10-2-4-11(14)5-3-10/h2-5,9,17H,6-8H2,1H3. The summed E-state index contributed by atoms with van der Waals surface area (Å²) < 4.78 is 17.9. The molecule has 2 rings (SSSR count). The minimum absolute atomic E-state index is 0.181. The number of nitrogens with zero attached hydrogens (tertiary/aromatic N) is 2. The Kier molecular flexibility index (Phi) is 4.93. The van der Waals surface area contributed by atoms with E-state index in [9.17, 15) is 4.39 Å². The van der Waals surface area contributed by atoms with Crippen molar-refractivity contribution >= 4 is 11.8 Å². The zero-order valence-corrected chi connectivity index (χ0v) is 11.4. The van der Waals surface area contributed by atoms with Crippen molar-refractivity contribution in [1.29, 1.82) is 0 Å². The van der Waals surface area contributed by atoms with Crippen molar-refractivity contribution in [1.82, 2.24) is 10.1 Å². The number of benzene rings is 1. The Labute approximate surface area is 115 Å². The van der Waals surface area contributed by atoms with Gasteiger partial charge in [0.1, 0.15) is 5.82 Å². The Balaban J connectivity index is 1.93. The first-order valence-corrected chi connectivity index (χ1v) is 7.11. The monoisotopic (exact) mass is 282 g/mol. The molecule has 1 N–H and O–H groups in total. The van der Waals surface area contributed by atoms with E-state index in [2.05, 4.69) is 10.1 Å². The second-order valence-corrected chi connectivity index (χ2v) is 5.36. The van der Waals surface area contributed by atoms with E-state index in [4.69, 9.17) is 9.63 Å². The van der Waals surface area contributed by atoms with Crippen LogP contribution in [-0.2, 0) is 5.75 Å². The van der Waals surface area contributed by atoms with Crippen LogP contribution in [0.5, 0.6) is 0 Å². The Morgan fingerprint density at radius 1 is 1.37 bits per heavy atom. The molecule has 1 aromatic carbocycles. The summed E-state index contributed by atoms with van der Waals surface area (Å²) in [4.78, 5) is 4.25. The molecule has 1 heterocycles. The van der Waals surface area contributed by atoms with Crippen LogP contribution in [0.3, 0.4) is 0 Å². The molecular weight excluding hydrogens is 267 g/mol. The van der Waals surface area contributed by atoms with Gasteiger partial charge in [0, 0.05) is 12.2 Å². The number of aliphatic hydroxyl groups is 1. The maximum absolute atomic E-state index is 12.8. The molecule has 0 saturated carbocycles. The van der Waals surface area contributed by atoms with Gasteiger partial charge in [0.2, 0.25) is 0 Å². The van der Waals surface area contributed by atoms with Gasteiger partial charge >= 0.3 is 0 Å². The molecule has 0 fully saturated rings. The molecule has 0 aliphatic heterocycles. The summed E-state index contributed by atoms with van der Waals surface area (Å²) in [5.74, 6) is 2.44. The highest BCUT2D eigenvalue weighted by Gasteiger charge is 2.09. The molecule has 102 valence electrons. The second-order valence-electron chi connectivity index (χ2n) is 4.33. The quantitative estimate of drug-likeness (QED) is 0.882. The van der Waals surface area contributed by atoms with Crippen LogP contribution >= 0.6 is 11.8 Å². The first-order chi connectivity index (χ1) is 9.19. The molecular formula is C13H15FN2O2S. The number of hydrogen-bond donors (Lipinski definition) is 1. The van der Waals surface area contributed by atoms with Crippen molar-refractivity contribution in [3.8, 4) is 11.5 Å². The van der Waals surface area contributed by atoms with E-state index in [0.29, 0.717) is 23.0 Å². The molecule has 19 heavy (non-hydrogen) atoms. The van der Waals surface area contributed by atoms with Crippen molar-refractivity contribution in [2.24, 2.45) is 5.92 Å². The zero-order chi connectivity index (χ0) is 13.7. The second kappa shape index (κ2) is 6.68. The SMILES string of the molecule is CC(CO)CSCc1noc(-c2ccc(F)cc2)n1. The predicted molar refractivity (Wildman–Crippen MR) is 72.1 cm³/mol. The molecule has 0 amide bonds. The van der Waals surface area contributed by atoms with Gasteiger partial charge in [-0.2, -0.15) is 16.7 Å². The maximum atomic E-state index is 12.8. The average Bonchev–Trinajstić information content (AvgIpc) is 2.88. The molecule has 0 bridgehead atoms. The maximum Gasteiger partial charge on any atom is 0.257 e. The third kappa shape index (κ3) is 4.04. The van der Waals surface area contributed by atoms with Crippen molar-refractivity contribution < 1.29 is 14.0 Å². The summed E-state index contributed by atoms with van der Waals surface area (Å²) in [5, 5.41) is 12.8. The third-order valence-electron chi connectivity index (χ3n) is 2.50. The van der Waals surface area contributed by atoms with E-state index in [1.165, 1.54) is 12.1 Å². The molecule has 0 aliphatic rings. The smallest absolute Gasteiger partial charge is 0.257 e. The molecule has 6 heteroatoms. The summed E-state index contributed by atoms with van der Waals surface area (Å²) in [7, 11) is 0. The fourth-order valence-electron chi connectivity index (χ4n) is 1.43. The van der Waals surface area contributed by atoms with Gasteiger partial charge in [-0.25, -0.2) is 4.39 Å². The van der Waals surface area contributed by atoms with Crippen LogP contribution < -0.4 is 0 Å². The molecule has 1 aromatic heterocycles. The van der Waals surface area contributed by atoms with Gasteiger partial charge in [0.05, 0.1) is 5.75 Å². The Morgan fingerprint density at radius 2 is 2.11 bits per heavy atom. The molecule has 0 aliphatic carbocycles. The van der Waals surface area contributed by atoms with Crippen LogP contribution in [-0.4, -0.2) is 27.6 Å². The van der Waals surface area contributed by atoms with E-state index in [-0.39, 0.29) is 18.3 Å². The summed E-state index contributed by atoms with van der Waals surface area (Å²) in [5.41, 5.74) is 0.703. The zero-order valence-electron chi connectivity index (χ0n) is 10.5. The van der Waals surface area contributed by atoms with Crippen LogP contribution in [0, 0.1) is 11.7 Å². The van der Waals surface area contributed by atoms with Crippen LogP contribution in [0.15, 0.2) is 28.8 Å². The van der Waals surface area contributed by atoms with E-state index >= 15 is 0 Å². The molecule has 2 aromatic rings. The van der Waals surface area contributed by atoms with Gasteiger partial charge in [0.15, 0.2) is 5.82 Å². The van der Waals surface area contributed by atoms with E-state index in [1.54, 1.807) is 23.9 Å². The van der Waals surface area contributed by atoms with Crippen molar-refractivity contribution in [3.63, 3.8) is 0 Å². The molecule has 4 nitrogen and oxygen atoms in total. The van der Waals surface area contributed by atoms with Crippen molar-refractivity contribution in [3.05, 3.63) is 35.9 Å². The van der Waals surface area contributed by atoms with Gasteiger partial charge < -0.3 is 9.63 Å². The topological polar surface area (TPSA) is 59.2 Å². The molecule has 1 unspecified atom stereocenters. The number of aliphatic hydroxyl groups excluding tert-OH is 1. The van der Waals surface area contributed by atoms with E-state index in [0.717, 1.165) is 5.75 Å². The van der Waals surface area contributed by atoms with E-state index < -0.39 is 0 Å². The minimum Gasteiger partial charge on any atom is -0.396 e. The lowest BCUT2D eigenvalue weighted by molar-refractivity contribution is 0.250. The lowest BCUT2D eigenvalue weighted by Crippen LogP contribution is -2.03. The van der Waals surface area contributed by atoms with Gasteiger partial charge in [0.25, 0.3) is 5.89 Å². The van der Waals surface area contributed by atoms with Crippen molar-refractivity contribution in [2.45, 2.75) is 12.7 Å². The summed E-state index contributed by atoms with van der Waals surface area (Å²) in [6.07, 6.45) is 0. The summed E-state index contributed by atoms with van der Waals surface area (Å²) >= 11 is 1.65. The first-order valence-electron chi connectivity index (χ1n) is 5.96. The minimum atomic E-state index is -0.294. The van der Waals surface area contributed by atoms with Crippen LogP contribution in [0.1, 0.15) is 12.7 Å². The number of aromatic nitrogens is 2. The lowest BCUT2D eigenvalue weighted by Gasteiger charge is -2.04. The summed E-state index contributed by atoms with van der Waals surface area (Å²) in [6, 6.07) is 5.93. The highest BCUT2D eigenvalue weighted by molar-refractivity contribution is 7.98. The molecule has 0 saturated heterocycles.